The molecule has 11 rings (SSSR count). The van der Waals surface area contributed by atoms with Crippen LogP contribution in [0.2, 0.25) is 0 Å². The SMILES string of the molecule is Cc1ccccc1-c1cccc(-n2c(-c3ccccc3)cc3ccc(-c4ccc5cc(-c6ccccc6)n(-c6ccc7sc8ccccc8c7c6)c5c4)cc32)c1. The summed E-state index contributed by atoms with van der Waals surface area (Å²) >= 11 is 1.86. The predicted octanol–water partition coefficient (Wildman–Crippen LogP) is 14.9. The van der Waals surface area contributed by atoms with Gasteiger partial charge < -0.3 is 9.13 Å². The van der Waals surface area contributed by atoms with E-state index in [2.05, 4.69) is 216 Å². The standard InChI is InChI=1S/C53H36N2S/c1-35-13-8-9-20-45(35)40-18-12-19-43(29-40)54-48(36-14-4-2-5-15-36)32-41-25-23-38(30-50(41)54)39-24-26-42-33-49(37-16-6-3-7-17-37)55(51(42)31-39)44-27-28-53-47(34-44)46-21-10-11-22-52(46)56-53/h2-34H,1H3. The third kappa shape index (κ3) is 5.39. The highest BCUT2D eigenvalue weighted by Gasteiger charge is 2.18. The number of rotatable bonds is 6. The summed E-state index contributed by atoms with van der Waals surface area (Å²) in [6.45, 7) is 2.19. The van der Waals surface area contributed by atoms with Crippen LogP contribution in [-0.4, -0.2) is 9.13 Å². The van der Waals surface area contributed by atoms with Crippen molar-refractivity contribution in [3.8, 4) is 56.1 Å². The fourth-order valence-corrected chi connectivity index (χ4v) is 9.61. The smallest absolute Gasteiger partial charge is 0.0541 e. The van der Waals surface area contributed by atoms with Crippen molar-refractivity contribution in [2.75, 3.05) is 0 Å². The Morgan fingerprint density at radius 1 is 0.357 bits per heavy atom. The van der Waals surface area contributed by atoms with Crippen molar-refractivity contribution in [3.05, 3.63) is 206 Å². The molecular weight excluding hydrogens is 697 g/mol. The van der Waals surface area contributed by atoms with Gasteiger partial charge in [-0.2, -0.15) is 0 Å². The monoisotopic (exact) mass is 732 g/mol. The summed E-state index contributed by atoms with van der Waals surface area (Å²) in [5.74, 6) is 0. The molecule has 56 heavy (non-hydrogen) atoms. The van der Waals surface area contributed by atoms with Crippen LogP contribution >= 0.6 is 11.3 Å². The second-order valence-electron chi connectivity index (χ2n) is 14.7. The number of benzene rings is 8. The molecule has 0 aliphatic heterocycles. The molecule has 11 aromatic rings. The molecule has 0 aliphatic rings. The summed E-state index contributed by atoms with van der Waals surface area (Å²) in [6, 6.07) is 73.4. The molecule has 0 fully saturated rings. The van der Waals surface area contributed by atoms with Crippen molar-refractivity contribution in [1.29, 1.82) is 0 Å². The average Bonchev–Trinajstić information content (AvgIpc) is 3.95. The zero-order chi connectivity index (χ0) is 37.2. The summed E-state index contributed by atoms with van der Waals surface area (Å²) < 4.78 is 7.51. The number of nitrogens with zero attached hydrogens (tertiary/aromatic N) is 2. The maximum Gasteiger partial charge on any atom is 0.0541 e. The number of thiophene rings is 1. The van der Waals surface area contributed by atoms with E-state index in [4.69, 9.17) is 0 Å². The first-order valence-electron chi connectivity index (χ1n) is 19.2. The Morgan fingerprint density at radius 2 is 0.911 bits per heavy atom. The molecule has 3 heterocycles. The number of aryl methyl sites for hydroxylation is 1. The maximum absolute atomic E-state index is 2.45. The molecule has 0 saturated heterocycles. The molecule has 8 aromatic carbocycles. The Morgan fingerprint density at radius 3 is 1.57 bits per heavy atom. The average molecular weight is 733 g/mol. The number of hydrogen-bond donors (Lipinski definition) is 0. The summed E-state index contributed by atoms with van der Waals surface area (Å²) in [4.78, 5) is 0. The van der Waals surface area contributed by atoms with E-state index in [0.29, 0.717) is 0 Å². The van der Waals surface area contributed by atoms with Gasteiger partial charge in [-0.1, -0.05) is 140 Å². The minimum atomic E-state index is 1.14. The van der Waals surface area contributed by atoms with Gasteiger partial charge in [0.1, 0.15) is 0 Å². The first-order valence-corrected chi connectivity index (χ1v) is 20.0. The highest BCUT2D eigenvalue weighted by atomic mass is 32.1. The molecule has 0 N–H and O–H groups in total. The Kier molecular flexibility index (Phi) is 7.61. The molecule has 0 unspecified atom stereocenters. The first kappa shape index (κ1) is 32.5. The molecular formula is C53H36N2S. The quantitative estimate of drug-likeness (QED) is 0.161. The second kappa shape index (κ2) is 13.1. The first-order chi connectivity index (χ1) is 27.7. The highest BCUT2D eigenvalue weighted by Crippen LogP contribution is 2.40. The van der Waals surface area contributed by atoms with Gasteiger partial charge in [0.05, 0.1) is 22.4 Å². The molecule has 0 amide bonds. The van der Waals surface area contributed by atoms with Gasteiger partial charge in [-0.05, 0) is 107 Å². The lowest BCUT2D eigenvalue weighted by molar-refractivity contribution is 1.13. The third-order valence-electron chi connectivity index (χ3n) is 11.3. The van der Waals surface area contributed by atoms with Crippen LogP contribution in [0.3, 0.4) is 0 Å². The van der Waals surface area contributed by atoms with E-state index in [0.717, 1.165) is 11.4 Å². The van der Waals surface area contributed by atoms with Crippen molar-refractivity contribution in [3.63, 3.8) is 0 Å². The molecule has 264 valence electrons. The highest BCUT2D eigenvalue weighted by molar-refractivity contribution is 7.25. The molecule has 3 heteroatoms. The number of aromatic nitrogens is 2. The normalized spacial score (nSPS) is 11.7. The fraction of sp³-hybridized carbons (Fsp3) is 0.0189. The van der Waals surface area contributed by atoms with Crippen LogP contribution < -0.4 is 0 Å². The Balaban J connectivity index is 1.11. The van der Waals surface area contributed by atoms with Crippen LogP contribution in [-0.2, 0) is 0 Å². The van der Waals surface area contributed by atoms with Gasteiger partial charge in [0.2, 0.25) is 0 Å². The molecule has 0 saturated carbocycles. The second-order valence-corrected chi connectivity index (χ2v) is 15.7. The summed E-state index contributed by atoms with van der Waals surface area (Å²) in [6.07, 6.45) is 0. The predicted molar refractivity (Wildman–Crippen MR) is 239 cm³/mol. The van der Waals surface area contributed by atoms with Crippen LogP contribution in [0.1, 0.15) is 5.56 Å². The van der Waals surface area contributed by atoms with Gasteiger partial charge in [-0.25, -0.2) is 0 Å². The Hall–Kier alpha value is -6.94. The van der Waals surface area contributed by atoms with E-state index < -0.39 is 0 Å². The van der Waals surface area contributed by atoms with Crippen LogP contribution in [0, 0.1) is 6.92 Å². The third-order valence-corrected chi connectivity index (χ3v) is 12.4. The van der Waals surface area contributed by atoms with Gasteiger partial charge in [-0.3, -0.25) is 0 Å². The largest absolute Gasteiger partial charge is 0.309 e. The zero-order valence-electron chi connectivity index (χ0n) is 30.9. The van der Waals surface area contributed by atoms with E-state index in [1.54, 1.807) is 0 Å². The maximum atomic E-state index is 2.45. The zero-order valence-corrected chi connectivity index (χ0v) is 31.7. The lowest BCUT2D eigenvalue weighted by Crippen LogP contribution is -1.98. The molecule has 3 aromatic heterocycles. The van der Waals surface area contributed by atoms with Gasteiger partial charge >= 0.3 is 0 Å². The van der Waals surface area contributed by atoms with Crippen molar-refractivity contribution in [2.45, 2.75) is 6.92 Å². The van der Waals surface area contributed by atoms with Gasteiger partial charge in [0.25, 0.3) is 0 Å². The summed E-state index contributed by atoms with van der Waals surface area (Å²) in [5.41, 5.74) is 15.5. The number of fused-ring (bicyclic) bond motifs is 5. The molecule has 2 nitrogen and oxygen atoms in total. The van der Waals surface area contributed by atoms with Crippen molar-refractivity contribution >= 4 is 53.3 Å². The van der Waals surface area contributed by atoms with E-state index in [9.17, 15) is 0 Å². The van der Waals surface area contributed by atoms with Gasteiger partial charge in [0.15, 0.2) is 0 Å². The van der Waals surface area contributed by atoms with Crippen molar-refractivity contribution < 1.29 is 0 Å². The van der Waals surface area contributed by atoms with E-state index in [1.807, 2.05) is 11.3 Å². The summed E-state index contributed by atoms with van der Waals surface area (Å²) in [7, 11) is 0. The topological polar surface area (TPSA) is 9.86 Å². The van der Waals surface area contributed by atoms with Gasteiger partial charge in [-0.15, -0.1) is 11.3 Å². The van der Waals surface area contributed by atoms with Crippen molar-refractivity contribution in [2.24, 2.45) is 0 Å². The van der Waals surface area contributed by atoms with Crippen LogP contribution in [0.15, 0.2) is 200 Å². The molecule has 0 atom stereocenters. The van der Waals surface area contributed by atoms with Crippen molar-refractivity contribution in [1.82, 2.24) is 9.13 Å². The minimum Gasteiger partial charge on any atom is -0.309 e. The molecule has 0 aliphatic carbocycles. The summed E-state index contributed by atoms with van der Waals surface area (Å²) in [5, 5.41) is 5.03. The van der Waals surface area contributed by atoms with Crippen LogP contribution in [0.5, 0.6) is 0 Å². The molecule has 0 spiro atoms. The Bertz CT molecular complexity index is 3250. The fourth-order valence-electron chi connectivity index (χ4n) is 8.52. The molecule has 0 bridgehead atoms. The van der Waals surface area contributed by atoms with E-state index in [1.165, 1.54) is 92.3 Å². The van der Waals surface area contributed by atoms with E-state index in [-0.39, 0.29) is 0 Å². The van der Waals surface area contributed by atoms with E-state index >= 15 is 0 Å². The van der Waals surface area contributed by atoms with Gasteiger partial charge in [0, 0.05) is 42.3 Å². The lowest BCUT2D eigenvalue weighted by atomic mass is 10.00. The Labute approximate surface area is 329 Å². The lowest BCUT2D eigenvalue weighted by Gasteiger charge is -2.15. The van der Waals surface area contributed by atoms with Crippen LogP contribution in [0.25, 0.3) is 98.1 Å². The minimum absolute atomic E-state index is 1.14. The van der Waals surface area contributed by atoms with Crippen LogP contribution in [0.4, 0.5) is 0 Å². The number of hydrogen-bond acceptors (Lipinski definition) is 1. The molecule has 0 radical (unpaired) electrons.